The molecule has 0 bridgehead atoms. The number of nitrogens with zero attached hydrogens (tertiary/aromatic N) is 1. The van der Waals surface area contributed by atoms with Crippen molar-refractivity contribution < 1.29 is 9.18 Å². The van der Waals surface area contributed by atoms with E-state index in [1.54, 1.807) is 17.0 Å². The standard InChI is InChI=1S/C16H23FN2O/c1-2-19(15-9-7-14(17)8-10-15)16(20)13-5-3-12(11-18)4-6-13/h7-10,12-13H,2-6,11,18H2,1H3. The van der Waals surface area contributed by atoms with Crippen LogP contribution in [-0.4, -0.2) is 19.0 Å². The number of carbonyl (C=O) groups is 1. The van der Waals surface area contributed by atoms with Crippen LogP contribution in [0.3, 0.4) is 0 Å². The molecule has 0 saturated heterocycles. The predicted molar refractivity (Wildman–Crippen MR) is 78.9 cm³/mol. The normalized spacial score (nSPS) is 22.6. The maximum Gasteiger partial charge on any atom is 0.230 e. The number of amides is 1. The number of carbonyl (C=O) groups excluding carboxylic acids is 1. The van der Waals surface area contributed by atoms with Gasteiger partial charge in [0, 0.05) is 18.2 Å². The molecule has 1 aromatic rings. The number of hydrogen-bond acceptors (Lipinski definition) is 2. The highest BCUT2D eigenvalue weighted by atomic mass is 19.1. The Balaban J connectivity index is 2.04. The monoisotopic (exact) mass is 278 g/mol. The van der Waals surface area contributed by atoms with Crippen LogP contribution in [-0.2, 0) is 4.79 Å². The first-order chi connectivity index (χ1) is 9.65. The first-order valence-electron chi connectivity index (χ1n) is 7.42. The topological polar surface area (TPSA) is 46.3 Å². The molecular weight excluding hydrogens is 255 g/mol. The molecule has 1 saturated carbocycles. The Labute approximate surface area is 120 Å². The molecule has 110 valence electrons. The third-order valence-corrected chi connectivity index (χ3v) is 4.25. The second-order valence-electron chi connectivity index (χ2n) is 5.51. The second kappa shape index (κ2) is 6.84. The summed E-state index contributed by atoms with van der Waals surface area (Å²) in [7, 11) is 0. The molecule has 0 unspecified atom stereocenters. The third kappa shape index (κ3) is 3.37. The zero-order valence-electron chi connectivity index (χ0n) is 12.0. The Morgan fingerprint density at radius 1 is 1.25 bits per heavy atom. The maximum absolute atomic E-state index is 13.0. The minimum atomic E-state index is -0.277. The lowest BCUT2D eigenvalue weighted by Crippen LogP contribution is -2.38. The number of benzene rings is 1. The molecule has 1 fully saturated rings. The summed E-state index contributed by atoms with van der Waals surface area (Å²) in [5, 5.41) is 0. The van der Waals surface area contributed by atoms with Crippen molar-refractivity contribution in [3.63, 3.8) is 0 Å². The molecule has 0 radical (unpaired) electrons. The van der Waals surface area contributed by atoms with E-state index in [1.165, 1.54) is 12.1 Å². The lowest BCUT2D eigenvalue weighted by Gasteiger charge is -2.31. The Hall–Kier alpha value is -1.42. The van der Waals surface area contributed by atoms with Crippen molar-refractivity contribution in [2.24, 2.45) is 17.6 Å². The molecule has 0 atom stereocenters. The Kier molecular flexibility index (Phi) is 5.12. The van der Waals surface area contributed by atoms with Gasteiger partial charge in [-0.25, -0.2) is 4.39 Å². The van der Waals surface area contributed by atoms with Crippen molar-refractivity contribution in [2.45, 2.75) is 32.6 Å². The summed E-state index contributed by atoms with van der Waals surface area (Å²) in [6, 6.07) is 6.14. The first kappa shape index (κ1) is 15.0. The molecule has 2 N–H and O–H groups in total. The maximum atomic E-state index is 13.0. The summed E-state index contributed by atoms with van der Waals surface area (Å²) >= 11 is 0. The van der Waals surface area contributed by atoms with E-state index < -0.39 is 0 Å². The highest BCUT2D eigenvalue weighted by Crippen LogP contribution is 2.30. The van der Waals surface area contributed by atoms with Crippen molar-refractivity contribution in [1.29, 1.82) is 0 Å². The molecule has 3 nitrogen and oxygen atoms in total. The summed E-state index contributed by atoms with van der Waals surface area (Å²) in [6.07, 6.45) is 3.90. The van der Waals surface area contributed by atoms with Crippen LogP contribution in [0.2, 0.25) is 0 Å². The van der Waals surface area contributed by atoms with Gasteiger partial charge in [0.1, 0.15) is 5.82 Å². The Morgan fingerprint density at radius 2 is 1.85 bits per heavy atom. The summed E-state index contributed by atoms with van der Waals surface area (Å²) < 4.78 is 13.0. The van der Waals surface area contributed by atoms with Crippen molar-refractivity contribution in [1.82, 2.24) is 0 Å². The summed E-state index contributed by atoms with van der Waals surface area (Å²) in [6.45, 7) is 3.28. The van der Waals surface area contributed by atoms with Crippen LogP contribution in [0.25, 0.3) is 0 Å². The molecule has 1 aromatic carbocycles. The van der Waals surface area contributed by atoms with Gasteiger partial charge in [-0.1, -0.05) is 0 Å². The summed E-state index contributed by atoms with van der Waals surface area (Å²) in [5.41, 5.74) is 6.46. The minimum Gasteiger partial charge on any atom is -0.330 e. The largest absolute Gasteiger partial charge is 0.330 e. The molecule has 4 heteroatoms. The Morgan fingerprint density at radius 3 is 2.35 bits per heavy atom. The average molecular weight is 278 g/mol. The van der Waals surface area contributed by atoms with Crippen LogP contribution in [0.5, 0.6) is 0 Å². The molecule has 0 heterocycles. The van der Waals surface area contributed by atoms with Gasteiger partial charge in [-0.15, -0.1) is 0 Å². The SMILES string of the molecule is CCN(C(=O)C1CCC(CN)CC1)c1ccc(F)cc1. The van der Waals surface area contributed by atoms with Crippen molar-refractivity contribution in [2.75, 3.05) is 18.0 Å². The number of halogens is 1. The highest BCUT2D eigenvalue weighted by molar-refractivity contribution is 5.95. The van der Waals surface area contributed by atoms with Gasteiger partial charge in [-0.3, -0.25) is 4.79 Å². The average Bonchev–Trinajstić information content (AvgIpc) is 2.50. The molecule has 0 spiro atoms. The Bertz CT molecular complexity index is 438. The van der Waals surface area contributed by atoms with Gasteiger partial charge in [0.2, 0.25) is 5.91 Å². The van der Waals surface area contributed by atoms with E-state index in [9.17, 15) is 9.18 Å². The van der Waals surface area contributed by atoms with Gasteiger partial charge in [0.25, 0.3) is 0 Å². The van der Waals surface area contributed by atoms with E-state index in [2.05, 4.69) is 0 Å². The van der Waals surface area contributed by atoms with Crippen LogP contribution in [0.1, 0.15) is 32.6 Å². The summed E-state index contributed by atoms with van der Waals surface area (Å²) in [4.78, 5) is 14.4. The quantitative estimate of drug-likeness (QED) is 0.920. The van der Waals surface area contributed by atoms with E-state index in [0.29, 0.717) is 12.5 Å². The van der Waals surface area contributed by atoms with E-state index in [1.807, 2.05) is 6.92 Å². The number of anilines is 1. The molecule has 0 aromatic heterocycles. The third-order valence-electron chi connectivity index (χ3n) is 4.25. The van der Waals surface area contributed by atoms with E-state index in [-0.39, 0.29) is 17.6 Å². The molecule has 0 aliphatic heterocycles. The van der Waals surface area contributed by atoms with Crippen LogP contribution in [0.4, 0.5) is 10.1 Å². The smallest absolute Gasteiger partial charge is 0.230 e. The lowest BCUT2D eigenvalue weighted by atomic mass is 9.81. The van der Waals surface area contributed by atoms with Crippen molar-refractivity contribution in [3.8, 4) is 0 Å². The zero-order valence-corrected chi connectivity index (χ0v) is 12.0. The van der Waals surface area contributed by atoms with Gasteiger partial charge in [0.15, 0.2) is 0 Å². The molecule has 1 aliphatic carbocycles. The number of rotatable bonds is 4. The summed E-state index contributed by atoms with van der Waals surface area (Å²) in [5.74, 6) is 0.540. The van der Waals surface area contributed by atoms with Gasteiger partial charge < -0.3 is 10.6 Å². The predicted octanol–water partition coefficient (Wildman–Crippen LogP) is 2.94. The van der Waals surface area contributed by atoms with Crippen LogP contribution in [0, 0.1) is 17.7 Å². The van der Waals surface area contributed by atoms with Gasteiger partial charge in [0.05, 0.1) is 0 Å². The minimum absolute atomic E-state index is 0.0859. The van der Waals surface area contributed by atoms with E-state index in [0.717, 1.165) is 37.9 Å². The molecule has 1 aliphatic rings. The molecular formula is C16H23FN2O. The molecule has 2 rings (SSSR count). The molecule has 20 heavy (non-hydrogen) atoms. The van der Waals surface area contributed by atoms with E-state index >= 15 is 0 Å². The van der Waals surface area contributed by atoms with Gasteiger partial charge in [-0.2, -0.15) is 0 Å². The fourth-order valence-corrected chi connectivity index (χ4v) is 2.95. The fraction of sp³-hybridized carbons (Fsp3) is 0.562. The van der Waals surface area contributed by atoms with E-state index in [4.69, 9.17) is 5.73 Å². The lowest BCUT2D eigenvalue weighted by molar-refractivity contribution is -0.123. The zero-order chi connectivity index (χ0) is 14.5. The second-order valence-corrected chi connectivity index (χ2v) is 5.51. The first-order valence-corrected chi connectivity index (χ1v) is 7.42. The highest BCUT2D eigenvalue weighted by Gasteiger charge is 2.29. The van der Waals surface area contributed by atoms with Crippen LogP contribution in [0.15, 0.2) is 24.3 Å². The van der Waals surface area contributed by atoms with Crippen molar-refractivity contribution >= 4 is 11.6 Å². The molecule has 1 amide bonds. The number of nitrogens with two attached hydrogens (primary N) is 1. The number of hydrogen-bond donors (Lipinski definition) is 1. The van der Waals surface area contributed by atoms with Crippen molar-refractivity contribution in [3.05, 3.63) is 30.1 Å². The van der Waals surface area contributed by atoms with Gasteiger partial charge in [-0.05, 0) is 69.3 Å². The van der Waals surface area contributed by atoms with Gasteiger partial charge >= 0.3 is 0 Å². The van der Waals surface area contributed by atoms with Crippen LogP contribution >= 0.6 is 0 Å². The van der Waals surface area contributed by atoms with Crippen LogP contribution < -0.4 is 10.6 Å². The fourth-order valence-electron chi connectivity index (χ4n) is 2.95.